The smallest absolute Gasteiger partial charge is 0.414 e. The fourth-order valence-corrected chi connectivity index (χ4v) is 1.56. The predicted molar refractivity (Wildman–Crippen MR) is 79.4 cm³/mol. The molecule has 1 aromatic heterocycles. The molecule has 0 radical (unpaired) electrons. The highest BCUT2D eigenvalue weighted by Crippen LogP contribution is 2.06. The first-order chi connectivity index (χ1) is 10.0. The Hall–Kier alpha value is -2.71. The zero-order valence-electron chi connectivity index (χ0n) is 12.1. The predicted octanol–water partition coefficient (Wildman–Crippen LogP) is -0.0183. The summed E-state index contributed by atoms with van der Waals surface area (Å²) in [5.74, 6) is -3.65. The third-order valence-electron chi connectivity index (χ3n) is 2.51. The Morgan fingerprint density at radius 3 is 2.09 bits per heavy atom. The van der Waals surface area contributed by atoms with Crippen molar-refractivity contribution in [2.75, 3.05) is 7.05 Å². The minimum Gasteiger partial charge on any atom is -0.473 e. The van der Waals surface area contributed by atoms with E-state index < -0.39 is 11.9 Å². The molecule has 0 unspecified atom stereocenters. The van der Waals surface area contributed by atoms with Crippen LogP contribution in [0.2, 0.25) is 0 Å². The van der Waals surface area contributed by atoms with Crippen LogP contribution in [0.15, 0.2) is 43.0 Å². The van der Waals surface area contributed by atoms with Crippen LogP contribution >= 0.6 is 0 Å². The molecular weight excluding hydrogens is 290 g/mol. The Morgan fingerprint density at radius 1 is 1.14 bits per heavy atom. The highest BCUT2D eigenvalue weighted by atomic mass is 16.4. The Balaban J connectivity index is 0.000000546. The van der Waals surface area contributed by atoms with Crippen molar-refractivity contribution in [3.63, 3.8) is 0 Å². The van der Waals surface area contributed by atoms with Gasteiger partial charge in [0, 0.05) is 25.5 Å². The maximum atomic E-state index is 9.10. The number of benzene rings is 1. The lowest BCUT2D eigenvalue weighted by molar-refractivity contribution is -0.159. The molecule has 0 aliphatic carbocycles. The molecule has 0 atom stereocenters. The molecule has 2 rings (SSSR count). The summed E-state index contributed by atoms with van der Waals surface area (Å²) < 4.78 is 2.06. The highest BCUT2D eigenvalue weighted by molar-refractivity contribution is 6.27. The van der Waals surface area contributed by atoms with E-state index in [1.807, 2.05) is 19.6 Å². The molecule has 2 aromatic rings. The fourth-order valence-electron chi connectivity index (χ4n) is 1.56. The van der Waals surface area contributed by atoms with Crippen molar-refractivity contribution < 1.29 is 25.3 Å². The molecule has 0 fully saturated rings. The van der Waals surface area contributed by atoms with Crippen LogP contribution in [0.1, 0.15) is 11.1 Å². The minimum atomic E-state index is -1.82. The van der Waals surface area contributed by atoms with E-state index in [1.54, 1.807) is 6.20 Å². The van der Waals surface area contributed by atoms with E-state index >= 15 is 0 Å². The van der Waals surface area contributed by atoms with Crippen molar-refractivity contribution in [3.05, 3.63) is 54.1 Å². The molecule has 8 heteroatoms. The first-order valence-corrected chi connectivity index (χ1v) is 6.17. The zero-order chi connectivity index (χ0) is 15.7. The Kier molecular flexibility index (Phi) is 8.84. The number of hydrogen-bond acceptors (Lipinski definition) is 4. The van der Waals surface area contributed by atoms with Gasteiger partial charge in [-0.15, -0.1) is 0 Å². The lowest BCUT2D eigenvalue weighted by Crippen LogP contribution is -2.09. The summed E-state index contributed by atoms with van der Waals surface area (Å²) >= 11 is 0. The van der Waals surface area contributed by atoms with Gasteiger partial charge in [-0.05, 0) is 18.2 Å². The summed E-state index contributed by atoms with van der Waals surface area (Å²) in [5, 5.41) is 17.9. The standard InChI is InChI=1S/C12H15N3.C2H2O4.H2O/c1-13-8-11-2-4-12(5-3-11)9-15-7-6-14-10-15;3-1(4)2(5)6;/h2-7,10,13H,8-9H2,1H3;(H,3,4)(H,5,6);1H2. The molecule has 0 amide bonds. The van der Waals surface area contributed by atoms with Gasteiger partial charge in [-0.25, -0.2) is 14.6 Å². The Labute approximate surface area is 127 Å². The molecule has 0 aliphatic heterocycles. The first kappa shape index (κ1) is 19.3. The zero-order valence-corrected chi connectivity index (χ0v) is 12.1. The molecule has 1 heterocycles. The molecule has 8 nitrogen and oxygen atoms in total. The van der Waals surface area contributed by atoms with Gasteiger partial charge in [-0.2, -0.15) is 0 Å². The summed E-state index contributed by atoms with van der Waals surface area (Å²) in [4.78, 5) is 22.2. The number of carboxylic acids is 2. The van der Waals surface area contributed by atoms with E-state index in [0.717, 1.165) is 13.1 Å². The van der Waals surface area contributed by atoms with E-state index in [1.165, 1.54) is 11.1 Å². The first-order valence-electron chi connectivity index (χ1n) is 6.17. The van der Waals surface area contributed by atoms with Gasteiger partial charge in [0.1, 0.15) is 0 Å². The highest BCUT2D eigenvalue weighted by Gasteiger charge is 2.04. The van der Waals surface area contributed by atoms with Crippen LogP contribution in [-0.2, 0) is 22.7 Å². The summed E-state index contributed by atoms with van der Waals surface area (Å²) in [6.45, 7) is 1.81. The molecular formula is C14H19N3O5. The van der Waals surface area contributed by atoms with E-state index in [4.69, 9.17) is 19.8 Å². The van der Waals surface area contributed by atoms with Crippen molar-refractivity contribution in [1.29, 1.82) is 0 Å². The van der Waals surface area contributed by atoms with Crippen LogP contribution in [0.4, 0.5) is 0 Å². The topological polar surface area (TPSA) is 136 Å². The van der Waals surface area contributed by atoms with Crippen molar-refractivity contribution in [2.45, 2.75) is 13.1 Å². The second-order valence-corrected chi connectivity index (χ2v) is 4.19. The van der Waals surface area contributed by atoms with Gasteiger partial charge in [0.2, 0.25) is 0 Å². The Morgan fingerprint density at radius 2 is 1.68 bits per heavy atom. The number of rotatable bonds is 4. The van der Waals surface area contributed by atoms with Crippen LogP contribution in [-0.4, -0.2) is 44.2 Å². The molecule has 0 saturated carbocycles. The summed E-state index contributed by atoms with van der Waals surface area (Å²) in [5.41, 5.74) is 2.61. The van der Waals surface area contributed by atoms with Crippen LogP contribution in [0, 0.1) is 0 Å². The molecule has 120 valence electrons. The molecule has 5 N–H and O–H groups in total. The average Bonchev–Trinajstić information content (AvgIpc) is 2.95. The van der Waals surface area contributed by atoms with Gasteiger partial charge < -0.3 is 25.6 Å². The van der Waals surface area contributed by atoms with Crippen molar-refractivity contribution >= 4 is 11.9 Å². The van der Waals surface area contributed by atoms with Gasteiger partial charge in [-0.1, -0.05) is 24.3 Å². The number of imidazole rings is 1. The molecule has 22 heavy (non-hydrogen) atoms. The quantitative estimate of drug-likeness (QED) is 0.679. The minimum absolute atomic E-state index is 0. The lowest BCUT2D eigenvalue weighted by atomic mass is 10.1. The van der Waals surface area contributed by atoms with Gasteiger partial charge in [-0.3, -0.25) is 0 Å². The number of carbonyl (C=O) groups is 2. The number of nitrogens with one attached hydrogen (secondary N) is 1. The molecule has 0 bridgehead atoms. The number of aromatic nitrogens is 2. The van der Waals surface area contributed by atoms with Crippen LogP contribution in [0.5, 0.6) is 0 Å². The molecule has 0 spiro atoms. The maximum Gasteiger partial charge on any atom is 0.414 e. The fraction of sp³-hybridized carbons (Fsp3) is 0.214. The lowest BCUT2D eigenvalue weighted by Gasteiger charge is -2.04. The summed E-state index contributed by atoms with van der Waals surface area (Å²) in [6.07, 6.45) is 5.61. The number of aliphatic carboxylic acids is 2. The molecule has 1 aromatic carbocycles. The number of nitrogens with zero attached hydrogens (tertiary/aromatic N) is 2. The summed E-state index contributed by atoms with van der Waals surface area (Å²) in [6, 6.07) is 8.63. The second-order valence-electron chi connectivity index (χ2n) is 4.19. The average molecular weight is 309 g/mol. The third kappa shape index (κ3) is 7.17. The third-order valence-corrected chi connectivity index (χ3v) is 2.51. The van der Waals surface area contributed by atoms with Crippen LogP contribution < -0.4 is 5.32 Å². The van der Waals surface area contributed by atoms with E-state index in [0.29, 0.717) is 0 Å². The van der Waals surface area contributed by atoms with E-state index in [9.17, 15) is 0 Å². The van der Waals surface area contributed by atoms with E-state index in [-0.39, 0.29) is 5.48 Å². The number of hydrogen-bond donors (Lipinski definition) is 3. The monoisotopic (exact) mass is 309 g/mol. The second kappa shape index (κ2) is 10.1. The van der Waals surface area contributed by atoms with Crippen LogP contribution in [0.25, 0.3) is 0 Å². The number of carboxylic acid groups (broad SMARTS) is 2. The van der Waals surface area contributed by atoms with Gasteiger partial charge in [0.05, 0.1) is 6.33 Å². The van der Waals surface area contributed by atoms with E-state index in [2.05, 4.69) is 39.1 Å². The maximum absolute atomic E-state index is 9.10. The Bertz CT molecular complexity index is 555. The van der Waals surface area contributed by atoms with Crippen molar-refractivity contribution in [3.8, 4) is 0 Å². The van der Waals surface area contributed by atoms with Gasteiger partial charge in [0.25, 0.3) is 0 Å². The van der Waals surface area contributed by atoms with Gasteiger partial charge in [0.15, 0.2) is 0 Å². The summed E-state index contributed by atoms with van der Waals surface area (Å²) in [7, 11) is 1.96. The SMILES string of the molecule is CNCc1ccc(Cn2ccnc2)cc1.O.O=C(O)C(=O)O. The normalized spacial score (nSPS) is 9.14. The van der Waals surface area contributed by atoms with Crippen LogP contribution in [0.3, 0.4) is 0 Å². The van der Waals surface area contributed by atoms with Gasteiger partial charge >= 0.3 is 11.9 Å². The largest absolute Gasteiger partial charge is 0.473 e. The molecule has 0 aliphatic rings. The van der Waals surface area contributed by atoms with Crippen molar-refractivity contribution in [2.24, 2.45) is 0 Å². The van der Waals surface area contributed by atoms with Crippen molar-refractivity contribution in [1.82, 2.24) is 14.9 Å². The molecule has 0 saturated heterocycles.